The third-order valence-corrected chi connectivity index (χ3v) is 5.43. The van der Waals surface area contributed by atoms with E-state index in [1.54, 1.807) is 18.2 Å². The number of hydrogen-bond acceptors (Lipinski definition) is 6. The number of nitrogens with one attached hydrogen (secondary N) is 1. The zero-order valence-corrected chi connectivity index (χ0v) is 18.6. The predicted octanol–water partition coefficient (Wildman–Crippen LogP) is 4.91. The molecule has 0 radical (unpaired) electrons. The maximum Gasteiger partial charge on any atom is 0.263 e. The van der Waals surface area contributed by atoms with Crippen molar-refractivity contribution in [3.63, 3.8) is 0 Å². The SMILES string of the molecule is COc1cc(/C=C2\SC(=S)NC2=O)cc(Cl)c1OCCOc1cc(C)cc(C)c1. The fourth-order valence-electron chi connectivity index (χ4n) is 2.86. The van der Waals surface area contributed by atoms with E-state index in [2.05, 4.69) is 11.4 Å². The second-order valence-electron chi connectivity index (χ2n) is 6.41. The Bertz CT molecular complexity index is 971. The van der Waals surface area contributed by atoms with Gasteiger partial charge in [-0.3, -0.25) is 4.79 Å². The van der Waals surface area contributed by atoms with Crippen LogP contribution in [0.5, 0.6) is 17.2 Å². The lowest BCUT2D eigenvalue weighted by atomic mass is 10.1. The highest BCUT2D eigenvalue weighted by atomic mass is 35.5. The summed E-state index contributed by atoms with van der Waals surface area (Å²) < 4.78 is 17.4. The first kappa shape index (κ1) is 21.5. The first-order chi connectivity index (χ1) is 13.9. The molecule has 3 rings (SSSR count). The Morgan fingerprint density at radius 2 is 1.79 bits per heavy atom. The van der Waals surface area contributed by atoms with E-state index in [4.69, 9.17) is 38.0 Å². The molecule has 0 unspecified atom stereocenters. The van der Waals surface area contributed by atoms with Crippen LogP contribution in [0.25, 0.3) is 6.08 Å². The molecule has 0 aliphatic carbocycles. The summed E-state index contributed by atoms with van der Waals surface area (Å²) in [6, 6.07) is 9.52. The zero-order chi connectivity index (χ0) is 21.0. The van der Waals surface area contributed by atoms with Gasteiger partial charge in [0.15, 0.2) is 11.5 Å². The van der Waals surface area contributed by atoms with Crippen LogP contribution in [0.2, 0.25) is 5.02 Å². The molecule has 152 valence electrons. The summed E-state index contributed by atoms with van der Waals surface area (Å²) in [6.07, 6.45) is 1.71. The highest BCUT2D eigenvalue weighted by molar-refractivity contribution is 8.26. The maximum absolute atomic E-state index is 11.8. The quantitative estimate of drug-likeness (QED) is 0.368. The van der Waals surface area contributed by atoms with Gasteiger partial charge >= 0.3 is 0 Å². The van der Waals surface area contributed by atoms with Crippen LogP contribution in [0.3, 0.4) is 0 Å². The van der Waals surface area contributed by atoms with Crippen molar-refractivity contribution in [3.8, 4) is 17.2 Å². The lowest BCUT2D eigenvalue weighted by Gasteiger charge is -2.14. The summed E-state index contributed by atoms with van der Waals surface area (Å²) in [7, 11) is 1.54. The summed E-state index contributed by atoms with van der Waals surface area (Å²) in [5, 5.41) is 2.96. The van der Waals surface area contributed by atoms with Gasteiger partial charge in [0.05, 0.1) is 17.0 Å². The number of methoxy groups -OCH3 is 1. The van der Waals surface area contributed by atoms with Crippen molar-refractivity contribution in [2.45, 2.75) is 13.8 Å². The minimum Gasteiger partial charge on any atom is -0.493 e. The molecule has 1 aliphatic heterocycles. The van der Waals surface area contributed by atoms with Gasteiger partial charge in [0, 0.05) is 0 Å². The van der Waals surface area contributed by atoms with Crippen LogP contribution in [-0.4, -0.2) is 30.6 Å². The summed E-state index contributed by atoms with van der Waals surface area (Å²) in [5.74, 6) is 1.48. The molecule has 1 aliphatic rings. The van der Waals surface area contributed by atoms with Gasteiger partial charge in [0.25, 0.3) is 5.91 Å². The standard InChI is InChI=1S/C21H20ClNO4S2/c1-12-6-13(2)8-15(7-12)26-4-5-27-19-16(22)9-14(10-17(19)25-3)11-18-20(24)23-21(28)29-18/h6-11H,4-5H2,1-3H3,(H,23,24,28)/b18-11-. The molecular formula is C21H20ClNO4S2. The first-order valence-electron chi connectivity index (χ1n) is 8.82. The lowest BCUT2D eigenvalue weighted by molar-refractivity contribution is -0.115. The molecule has 1 N–H and O–H groups in total. The van der Waals surface area contributed by atoms with Gasteiger partial charge in [-0.05, 0) is 60.9 Å². The summed E-state index contributed by atoms with van der Waals surface area (Å²) in [5.41, 5.74) is 3.00. The Morgan fingerprint density at radius 3 is 2.41 bits per heavy atom. The molecule has 8 heteroatoms. The van der Waals surface area contributed by atoms with Crippen molar-refractivity contribution in [1.29, 1.82) is 0 Å². The molecule has 2 aromatic carbocycles. The molecule has 1 amide bonds. The Hall–Kier alpha value is -2.22. The van der Waals surface area contributed by atoms with Crippen molar-refractivity contribution in [1.82, 2.24) is 5.32 Å². The number of rotatable bonds is 7. The van der Waals surface area contributed by atoms with Gasteiger partial charge in [-0.1, -0.05) is 41.6 Å². The first-order valence-corrected chi connectivity index (χ1v) is 10.4. The van der Waals surface area contributed by atoms with Gasteiger partial charge < -0.3 is 19.5 Å². The molecule has 1 saturated heterocycles. The number of halogens is 1. The highest BCUT2D eigenvalue weighted by Gasteiger charge is 2.22. The van der Waals surface area contributed by atoms with E-state index in [-0.39, 0.29) is 5.91 Å². The summed E-state index contributed by atoms with van der Waals surface area (Å²) in [6.45, 7) is 4.72. The minimum atomic E-state index is -0.223. The molecule has 1 heterocycles. The fraction of sp³-hybridized carbons (Fsp3) is 0.238. The average Bonchev–Trinajstić information content (AvgIpc) is 2.95. The van der Waals surface area contributed by atoms with E-state index in [0.717, 1.165) is 16.9 Å². The largest absolute Gasteiger partial charge is 0.493 e. The summed E-state index contributed by atoms with van der Waals surface area (Å²) in [4.78, 5) is 12.3. The third kappa shape index (κ3) is 5.65. The second kappa shape index (κ2) is 9.52. The van der Waals surface area contributed by atoms with Gasteiger partial charge in [0.1, 0.15) is 23.3 Å². The van der Waals surface area contributed by atoms with Crippen molar-refractivity contribution in [2.75, 3.05) is 20.3 Å². The number of benzene rings is 2. The number of thiocarbonyl (C=S) groups is 1. The number of ether oxygens (including phenoxy) is 3. The van der Waals surface area contributed by atoms with E-state index >= 15 is 0 Å². The van der Waals surface area contributed by atoms with Crippen molar-refractivity contribution < 1.29 is 19.0 Å². The van der Waals surface area contributed by atoms with Crippen LogP contribution in [0.1, 0.15) is 16.7 Å². The van der Waals surface area contributed by atoms with Gasteiger partial charge in [-0.25, -0.2) is 0 Å². The molecule has 2 aromatic rings. The van der Waals surface area contributed by atoms with Crippen LogP contribution >= 0.6 is 35.6 Å². The Kier molecular flexibility index (Phi) is 7.05. The second-order valence-corrected chi connectivity index (χ2v) is 8.53. The topological polar surface area (TPSA) is 56.8 Å². The molecule has 0 bridgehead atoms. The number of amides is 1. The van der Waals surface area contributed by atoms with E-state index in [1.165, 1.54) is 18.9 Å². The van der Waals surface area contributed by atoms with Crippen LogP contribution in [0.15, 0.2) is 35.2 Å². The monoisotopic (exact) mass is 449 g/mol. The van der Waals surface area contributed by atoms with Crippen LogP contribution in [-0.2, 0) is 4.79 Å². The zero-order valence-electron chi connectivity index (χ0n) is 16.2. The van der Waals surface area contributed by atoms with Crippen molar-refractivity contribution in [2.24, 2.45) is 0 Å². The number of thioether (sulfide) groups is 1. The third-order valence-electron chi connectivity index (χ3n) is 3.99. The molecular weight excluding hydrogens is 430 g/mol. The van der Waals surface area contributed by atoms with Crippen LogP contribution in [0.4, 0.5) is 0 Å². The number of carbonyl (C=O) groups is 1. The summed E-state index contributed by atoms with van der Waals surface area (Å²) >= 11 is 12.6. The van der Waals surface area contributed by atoms with Gasteiger partial charge in [0.2, 0.25) is 0 Å². The Labute approximate surface area is 184 Å². The molecule has 5 nitrogen and oxygen atoms in total. The molecule has 1 fully saturated rings. The van der Waals surface area contributed by atoms with E-state index in [9.17, 15) is 4.79 Å². The fourth-order valence-corrected chi connectivity index (χ4v) is 4.17. The molecule has 29 heavy (non-hydrogen) atoms. The van der Waals surface area contributed by atoms with Crippen molar-refractivity contribution >= 4 is 51.9 Å². The maximum atomic E-state index is 11.8. The normalized spacial score (nSPS) is 14.8. The van der Waals surface area contributed by atoms with E-state index < -0.39 is 0 Å². The lowest BCUT2D eigenvalue weighted by Crippen LogP contribution is -2.17. The minimum absolute atomic E-state index is 0.223. The van der Waals surface area contributed by atoms with Gasteiger partial charge in [-0.2, -0.15) is 0 Å². The number of aryl methyl sites for hydroxylation is 2. The smallest absolute Gasteiger partial charge is 0.263 e. The highest BCUT2D eigenvalue weighted by Crippen LogP contribution is 2.38. The molecule has 0 saturated carbocycles. The van der Waals surface area contributed by atoms with Crippen LogP contribution < -0.4 is 19.5 Å². The molecule has 0 aromatic heterocycles. The van der Waals surface area contributed by atoms with Gasteiger partial charge in [-0.15, -0.1) is 0 Å². The number of carbonyl (C=O) groups excluding carboxylic acids is 1. The van der Waals surface area contributed by atoms with Crippen molar-refractivity contribution in [3.05, 3.63) is 56.9 Å². The molecule has 0 atom stereocenters. The van der Waals surface area contributed by atoms with E-state index in [0.29, 0.717) is 44.5 Å². The Morgan fingerprint density at radius 1 is 1.10 bits per heavy atom. The van der Waals surface area contributed by atoms with E-state index in [1.807, 2.05) is 26.0 Å². The molecule has 0 spiro atoms. The predicted molar refractivity (Wildman–Crippen MR) is 121 cm³/mol. The Balaban J connectivity index is 1.67. The van der Waals surface area contributed by atoms with Crippen LogP contribution in [0, 0.1) is 13.8 Å². The average molecular weight is 450 g/mol. The number of hydrogen-bond donors (Lipinski definition) is 1.